The molecular weight excluding hydrogens is 386 g/mol. The second-order valence-electron chi connectivity index (χ2n) is 7.44. The van der Waals surface area contributed by atoms with Crippen molar-refractivity contribution in [3.05, 3.63) is 57.8 Å². The van der Waals surface area contributed by atoms with Crippen molar-refractivity contribution < 1.29 is 14.7 Å². The van der Waals surface area contributed by atoms with Gasteiger partial charge < -0.3 is 15.7 Å². The molecule has 3 N–H and O–H groups in total. The van der Waals surface area contributed by atoms with Gasteiger partial charge in [0.15, 0.2) is 0 Å². The molecule has 1 fully saturated rings. The number of benzene rings is 1. The summed E-state index contributed by atoms with van der Waals surface area (Å²) in [6, 6.07) is 11.9. The fraction of sp³-hybridized carbons (Fsp3) is 0.455. The van der Waals surface area contributed by atoms with Crippen molar-refractivity contribution in [2.24, 2.45) is 0 Å². The van der Waals surface area contributed by atoms with Crippen molar-refractivity contribution >= 4 is 23.2 Å². The van der Waals surface area contributed by atoms with Crippen LogP contribution < -0.4 is 10.6 Å². The minimum Gasteiger partial charge on any atom is -0.393 e. The predicted molar refractivity (Wildman–Crippen MR) is 115 cm³/mol. The zero-order chi connectivity index (χ0) is 20.5. The van der Waals surface area contributed by atoms with Crippen molar-refractivity contribution in [3.8, 4) is 0 Å². The van der Waals surface area contributed by atoms with Gasteiger partial charge >= 0.3 is 0 Å². The maximum absolute atomic E-state index is 12.0. The SMILES string of the molecule is O=C(CCCNC(=O)c1cccs1)NCc1ccc(CN2CCC(O)CC2)cc1. The van der Waals surface area contributed by atoms with Gasteiger partial charge in [-0.05, 0) is 41.8 Å². The van der Waals surface area contributed by atoms with Gasteiger partial charge in [0.25, 0.3) is 5.91 Å². The van der Waals surface area contributed by atoms with E-state index in [9.17, 15) is 14.7 Å². The first-order valence-electron chi connectivity index (χ1n) is 10.2. The van der Waals surface area contributed by atoms with E-state index in [-0.39, 0.29) is 17.9 Å². The maximum Gasteiger partial charge on any atom is 0.261 e. The number of hydrogen-bond acceptors (Lipinski definition) is 5. The molecule has 29 heavy (non-hydrogen) atoms. The molecule has 156 valence electrons. The van der Waals surface area contributed by atoms with E-state index >= 15 is 0 Å². The van der Waals surface area contributed by atoms with Gasteiger partial charge in [0.1, 0.15) is 0 Å². The molecule has 1 saturated heterocycles. The topological polar surface area (TPSA) is 81.7 Å². The van der Waals surface area contributed by atoms with Crippen molar-refractivity contribution in [1.29, 1.82) is 0 Å². The van der Waals surface area contributed by atoms with Gasteiger partial charge in [0.2, 0.25) is 5.91 Å². The van der Waals surface area contributed by atoms with E-state index < -0.39 is 0 Å². The lowest BCUT2D eigenvalue weighted by molar-refractivity contribution is -0.121. The molecule has 1 aromatic heterocycles. The first-order chi connectivity index (χ1) is 14.1. The number of nitrogens with one attached hydrogen (secondary N) is 2. The molecule has 0 bridgehead atoms. The Morgan fingerprint density at radius 3 is 2.48 bits per heavy atom. The summed E-state index contributed by atoms with van der Waals surface area (Å²) in [5.41, 5.74) is 2.32. The third kappa shape index (κ3) is 7.27. The van der Waals surface area contributed by atoms with Crippen LogP contribution in [0.3, 0.4) is 0 Å². The Hall–Kier alpha value is -2.22. The van der Waals surface area contributed by atoms with Crippen molar-refractivity contribution in [2.45, 2.75) is 44.9 Å². The molecule has 1 aliphatic heterocycles. The summed E-state index contributed by atoms with van der Waals surface area (Å²) in [6.07, 6.45) is 2.56. The summed E-state index contributed by atoms with van der Waals surface area (Å²) < 4.78 is 0. The number of amides is 2. The van der Waals surface area contributed by atoms with E-state index in [0.717, 1.165) is 38.0 Å². The Morgan fingerprint density at radius 2 is 1.79 bits per heavy atom. The number of carbonyl (C=O) groups is 2. The number of carbonyl (C=O) groups excluding carboxylic acids is 2. The summed E-state index contributed by atoms with van der Waals surface area (Å²) in [4.78, 5) is 26.9. The lowest BCUT2D eigenvalue weighted by Gasteiger charge is -2.29. The molecular formula is C22H29N3O3S. The van der Waals surface area contributed by atoms with Gasteiger partial charge in [-0.25, -0.2) is 0 Å². The van der Waals surface area contributed by atoms with Crippen molar-refractivity contribution in [1.82, 2.24) is 15.5 Å². The molecule has 1 aromatic carbocycles. The summed E-state index contributed by atoms with van der Waals surface area (Å²) in [6.45, 7) is 3.78. The van der Waals surface area contributed by atoms with Crippen LogP contribution in [-0.4, -0.2) is 47.6 Å². The Bertz CT molecular complexity index is 769. The van der Waals surface area contributed by atoms with E-state index in [0.29, 0.717) is 30.8 Å². The van der Waals surface area contributed by atoms with Crippen LogP contribution in [0.5, 0.6) is 0 Å². The van der Waals surface area contributed by atoms with Gasteiger partial charge in [0.05, 0.1) is 11.0 Å². The molecule has 2 aromatic rings. The van der Waals surface area contributed by atoms with Crippen LogP contribution in [0, 0.1) is 0 Å². The van der Waals surface area contributed by atoms with Gasteiger partial charge in [-0.2, -0.15) is 0 Å². The number of aliphatic hydroxyl groups is 1. The molecule has 0 saturated carbocycles. The third-order valence-electron chi connectivity index (χ3n) is 5.09. The molecule has 2 heterocycles. The lowest BCUT2D eigenvalue weighted by Crippen LogP contribution is -2.35. The second-order valence-corrected chi connectivity index (χ2v) is 8.38. The number of hydrogen-bond donors (Lipinski definition) is 3. The first-order valence-corrected chi connectivity index (χ1v) is 11.0. The molecule has 0 unspecified atom stereocenters. The highest BCUT2D eigenvalue weighted by Crippen LogP contribution is 2.14. The standard InChI is InChI=1S/C22H29N3O3S/c26-19-9-12-25(13-10-19)16-18-7-5-17(6-8-18)15-24-21(27)4-1-11-23-22(28)20-3-2-14-29-20/h2-3,5-8,14,19,26H,1,4,9-13,15-16H2,(H,23,28)(H,24,27). The largest absolute Gasteiger partial charge is 0.393 e. The minimum atomic E-state index is -0.144. The molecule has 7 heteroatoms. The number of aliphatic hydroxyl groups excluding tert-OH is 1. The van der Waals surface area contributed by atoms with E-state index in [2.05, 4.69) is 39.8 Å². The summed E-state index contributed by atoms with van der Waals surface area (Å²) in [5, 5.41) is 17.2. The highest BCUT2D eigenvalue weighted by atomic mass is 32.1. The van der Waals surface area contributed by atoms with E-state index in [1.807, 2.05) is 11.4 Å². The zero-order valence-corrected chi connectivity index (χ0v) is 17.4. The fourth-order valence-corrected chi connectivity index (χ4v) is 3.97. The number of nitrogens with zero attached hydrogens (tertiary/aromatic N) is 1. The number of rotatable bonds is 9. The molecule has 0 spiro atoms. The predicted octanol–water partition coefficient (Wildman–Crippen LogP) is 2.53. The highest BCUT2D eigenvalue weighted by molar-refractivity contribution is 7.12. The fourth-order valence-electron chi connectivity index (χ4n) is 3.33. The van der Waals surface area contributed by atoms with Crippen LogP contribution in [0.2, 0.25) is 0 Å². The normalized spacial score (nSPS) is 15.2. The monoisotopic (exact) mass is 415 g/mol. The summed E-state index contributed by atoms with van der Waals surface area (Å²) >= 11 is 1.41. The number of thiophene rings is 1. The molecule has 3 rings (SSSR count). The summed E-state index contributed by atoms with van der Waals surface area (Å²) in [5.74, 6) is -0.0902. The van der Waals surface area contributed by atoms with Crippen LogP contribution in [0.1, 0.15) is 46.5 Å². The third-order valence-corrected chi connectivity index (χ3v) is 5.96. The van der Waals surface area contributed by atoms with Gasteiger partial charge in [-0.1, -0.05) is 30.3 Å². The zero-order valence-electron chi connectivity index (χ0n) is 16.6. The lowest BCUT2D eigenvalue weighted by atomic mass is 10.1. The Labute approximate surface area is 175 Å². The Balaban J connectivity index is 1.30. The smallest absolute Gasteiger partial charge is 0.261 e. The average Bonchev–Trinajstić information content (AvgIpc) is 3.27. The van der Waals surface area contributed by atoms with Gasteiger partial charge in [-0.3, -0.25) is 14.5 Å². The molecule has 0 atom stereocenters. The van der Waals surface area contributed by atoms with E-state index in [1.54, 1.807) is 6.07 Å². The maximum atomic E-state index is 12.0. The molecule has 0 radical (unpaired) electrons. The van der Waals surface area contributed by atoms with Crippen LogP contribution in [0.25, 0.3) is 0 Å². The van der Waals surface area contributed by atoms with Crippen LogP contribution >= 0.6 is 11.3 Å². The number of likely N-dealkylation sites (tertiary alicyclic amines) is 1. The van der Waals surface area contributed by atoms with Gasteiger partial charge in [-0.15, -0.1) is 11.3 Å². The molecule has 2 amide bonds. The van der Waals surface area contributed by atoms with Crippen LogP contribution in [-0.2, 0) is 17.9 Å². The summed E-state index contributed by atoms with van der Waals surface area (Å²) in [7, 11) is 0. The molecule has 1 aliphatic rings. The quantitative estimate of drug-likeness (QED) is 0.550. The average molecular weight is 416 g/mol. The van der Waals surface area contributed by atoms with E-state index in [1.165, 1.54) is 16.9 Å². The number of piperidine rings is 1. The van der Waals surface area contributed by atoms with Crippen molar-refractivity contribution in [3.63, 3.8) is 0 Å². The van der Waals surface area contributed by atoms with Crippen LogP contribution in [0.15, 0.2) is 41.8 Å². The minimum absolute atomic E-state index is 0.00803. The second kappa shape index (κ2) is 11.1. The highest BCUT2D eigenvalue weighted by Gasteiger charge is 2.16. The van der Waals surface area contributed by atoms with Gasteiger partial charge in [0, 0.05) is 39.1 Å². The van der Waals surface area contributed by atoms with Crippen molar-refractivity contribution in [2.75, 3.05) is 19.6 Å². The molecule has 0 aliphatic carbocycles. The van der Waals surface area contributed by atoms with Crippen LogP contribution in [0.4, 0.5) is 0 Å². The Kier molecular flexibility index (Phi) is 8.22. The van der Waals surface area contributed by atoms with E-state index in [4.69, 9.17) is 0 Å². The Morgan fingerprint density at radius 1 is 1.07 bits per heavy atom. The first kappa shape index (κ1) is 21.5. The molecule has 6 nitrogen and oxygen atoms in total.